The molecule has 72 heavy (non-hydrogen) atoms. The number of aliphatic hydroxyl groups excluding tert-OH is 1. The number of hydrogen-bond donors (Lipinski definition) is 3. The van der Waals surface area contributed by atoms with Crippen LogP contribution in [0.3, 0.4) is 0 Å². The number of nitrogens with one attached hydrogen (secondary N) is 2. The Kier molecular flexibility index (Phi) is 17.0. The number of halogens is 2. The summed E-state index contributed by atoms with van der Waals surface area (Å²) in [5.74, 6) is 0.281. The molecule has 3 N–H and O–H groups in total. The van der Waals surface area contributed by atoms with Gasteiger partial charge in [-0.15, -0.1) is 0 Å². The highest BCUT2D eigenvalue weighted by Gasteiger charge is 2.42. The van der Waals surface area contributed by atoms with Crippen LogP contribution in [0.15, 0.2) is 91.6 Å². The van der Waals surface area contributed by atoms with Crippen molar-refractivity contribution in [3.63, 3.8) is 0 Å². The van der Waals surface area contributed by atoms with E-state index in [2.05, 4.69) is 30.6 Å². The van der Waals surface area contributed by atoms with Gasteiger partial charge in [-0.3, -0.25) is 24.2 Å². The molecule has 2 aliphatic rings. The molecule has 22 heteroatoms. The molecular weight excluding hydrogens is 937 g/mol. The van der Waals surface area contributed by atoms with Crippen LogP contribution in [-0.4, -0.2) is 136 Å². The van der Waals surface area contributed by atoms with E-state index in [0.717, 1.165) is 0 Å². The lowest BCUT2D eigenvalue weighted by Crippen LogP contribution is -2.64. The number of aliphatic hydroxyl groups is 1. The number of rotatable bonds is 12. The van der Waals surface area contributed by atoms with Crippen LogP contribution < -0.4 is 24.8 Å². The first-order valence-corrected chi connectivity index (χ1v) is 23.2. The van der Waals surface area contributed by atoms with E-state index in [4.69, 9.17) is 14.2 Å². The van der Waals surface area contributed by atoms with Gasteiger partial charge in [-0.2, -0.15) is 4.73 Å². The average Bonchev–Trinajstić information content (AvgIpc) is 3.32. The predicted octanol–water partition coefficient (Wildman–Crippen LogP) is 6.16. The van der Waals surface area contributed by atoms with Crippen molar-refractivity contribution in [3.8, 4) is 23.3 Å². The molecule has 2 fully saturated rings. The lowest BCUT2D eigenvalue weighted by atomic mass is 9.96. The van der Waals surface area contributed by atoms with Crippen molar-refractivity contribution < 1.29 is 52.0 Å². The van der Waals surface area contributed by atoms with Crippen molar-refractivity contribution in [3.05, 3.63) is 120 Å². The van der Waals surface area contributed by atoms with Gasteiger partial charge in [-0.25, -0.2) is 33.5 Å². The van der Waals surface area contributed by atoms with E-state index in [9.17, 15) is 38.3 Å². The Hall–Kier alpha value is -7.43. The van der Waals surface area contributed by atoms with Crippen molar-refractivity contribution in [1.29, 1.82) is 0 Å². The molecule has 5 heterocycles. The molecule has 4 amide bonds. The number of hydrogen-bond acceptors (Lipinski definition) is 15. The van der Waals surface area contributed by atoms with Gasteiger partial charge in [0.2, 0.25) is 29.3 Å². The number of carbonyl (C=O) groups excluding carboxylic acids is 4. The van der Waals surface area contributed by atoms with Crippen molar-refractivity contribution in [2.24, 2.45) is 0 Å². The number of aromatic nitrogens is 5. The number of pyridine rings is 1. The molecule has 0 bridgehead atoms. The van der Waals surface area contributed by atoms with Crippen LogP contribution in [0.25, 0.3) is 0 Å². The maximum atomic E-state index is 13.2. The summed E-state index contributed by atoms with van der Waals surface area (Å²) >= 11 is 0. The number of ether oxygens (including phenoxy) is 3. The SMILES string of the molecule is CC(C(=O)Nc1cnc(Oc2ccc(F)cc2)cn1)N1CCN(C(=O)OC(C)(C)C)C(C)(C)C1.CC(C(=O)Nc1cnc(Oc2ccc(F)cc2)cn1)N1CCN(C(=O)c2cc[n+]([O-])c(CO)c2)C(C)(C)C1. The molecule has 2 unspecified atom stereocenters. The average molecular weight is 998 g/mol. The molecule has 3 aromatic heterocycles. The molecule has 384 valence electrons. The second-order valence-electron chi connectivity index (χ2n) is 19.5. The molecule has 0 spiro atoms. The summed E-state index contributed by atoms with van der Waals surface area (Å²) in [5.41, 5.74) is -1.27. The first-order valence-electron chi connectivity index (χ1n) is 23.2. The lowest BCUT2D eigenvalue weighted by molar-refractivity contribution is -0.616. The summed E-state index contributed by atoms with van der Waals surface area (Å²) in [6.07, 6.45) is 6.36. The van der Waals surface area contributed by atoms with E-state index in [1.54, 1.807) is 16.7 Å². The van der Waals surface area contributed by atoms with Crippen molar-refractivity contribution in [2.75, 3.05) is 49.9 Å². The van der Waals surface area contributed by atoms with Crippen molar-refractivity contribution in [1.82, 2.24) is 39.5 Å². The zero-order valence-corrected chi connectivity index (χ0v) is 41.8. The smallest absolute Gasteiger partial charge is 0.410 e. The molecule has 2 aromatic carbocycles. The van der Waals surface area contributed by atoms with Gasteiger partial charge in [-0.1, -0.05) is 0 Å². The highest BCUT2D eigenvalue weighted by atomic mass is 19.1. The second kappa shape index (κ2) is 22.8. The fourth-order valence-electron chi connectivity index (χ4n) is 7.92. The number of nitrogens with zero attached hydrogens (tertiary/aromatic N) is 9. The molecule has 2 saturated heterocycles. The number of carbonyl (C=O) groups is 4. The quantitative estimate of drug-likeness (QED) is 0.0938. The standard InChI is InChI=1S/C26H29FN6O5.C24H32FN5O4/c1-17(24(35)30-22-13-29-23(14-28-22)38-21-6-4-19(27)5-7-21)31-10-11-32(26(2,3)16-31)25(36)18-8-9-33(37)20(12-18)15-34;1-16(29-11-12-30(24(5,6)15-29)22(32)34-23(2,3)4)21(31)28-19-13-27-20(14-26-19)33-18-9-7-17(25)8-10-18/h4-9,12-14,17,34H,10-11,15-16H2,1-3H3,(H,28,30,35);7-10,13-14,16H,11-12,15H2,1-6H3,(H,26,28,31). The molecular formula is C50H61F2N11O9. The molecule has 0 radical (unpaired) electrons. The monoisotopic (exact) mass is 997 g/mol. The predicted molar refractivity (Wildman–Crippen MR) is 260 cm³/mol. The van der Waals surface area contributed by atoms with E-state index < -0.39 is 35.4 Å². The lowest BCUT2D eigenvalue weighted by Gasteiger charge is -2.48. The van der Waals surface area contributed by atoms with E-state index in [0.29, 0.717) is 61.1 Å². The number of anilines is 2. The third-order valence-corrected chi connectivity index (χ3v) is 11.8. The van der Waals surface area contributed by atoms with Gasteiger partial charge in [0.15, 0.2) is 17.8 Å². The van der Waals surface area contributed by atoms with E-state index in [-0.39, 0.29) is 64.5 Å². The topological polar surface area (TPSA) is 232 Å². The van der Waals surface area contributed by atoms with Crippen LogP contribution >= 0.6 is 0 Å². The zero-order valence-electron chi connectivity index (χ0n) is 41.8. The van der Waals surface area contributed by atoms with Gasteiger partial charge in [-0.05, 0) is 111 Å². The highest BCUT2D eigenvalue weighted by molar-refractivity contribution is 5.95. The Bertz CT molecular complexity index is 2670. The van der Waals surface area contributed by atoms with Crippen molar-refractivity contribution in [2.45, 2.75) is 97.7 Å². The molecule has 0 saturated carbocycles. The normalized spacial score (nSPS) is 16.6. The fraction of sp³-hybridized carbons (Fsp3) is 0.420. The van der Waals surface area contributed by atoms with Crippen molar-refractivity contribution >= 4 is 35.5 Å². The van der Waals surface area contributed by atoms with E-state index in [1.165, 1.54) is 91.6 Å². The van der Waals surface area contributed by atoms with Gasteiger partial charge in [0.1, 0.15) is 35.3 Å². The Morgan fingerprint density at radius 2 is 1.15 bits per heavy atom. The summed E-state index contributed by atoms with van der Waals surface area (Å²) in [6, 6.07) is 12.9. The minimum atomic E-state index is -0.605. The molecule has 5 aromatic rings. The Balaban J connectivity index is 0.000000237. The number of piperazine rings is 2. The maximum Gasteiger partial charge on any atom is 0.410 e. The van der Waals surface area contributed by atoms with Crippen LogP contribution in [0.4, 0.5) is 25.2 Å². The molecule has 20 nitrogen and oxygen atoms in total. The van der Waals surface area contributed by atoms with Crippen LogP contribution in [0.1, 0.15) is 78.4 Å². The van der Waals surface area contributed by atoms with Gasteiger partial charge in [0.25, 0.3) is 5.91 Å². The third kappa shape index (κ3) is 14.3. The first-order chi connectivity index (χ1) is 33.9. The first kappa shape index (κ1) is 53.9. The van der Waals surface area contributed by atoms with Gasteiger partial charge in [0.05, 0.1) is 53.5 Å². The summed E-state index contributed by atoms with van der Waals surface area (Å²) in [5, 5.41) is 26.6. The minimum Gasteiger partial charge on any atom is -0.618 e. The molecule has 2 aliphatic heterocycles. The maximum absolute atomic E-state index is 13.2. The van der Waals surface area contributed by atoms with E-state index in [1.807, 2.05) is 65.2 Å². The number of benzene rings is 2. The summed E-state index contributed by atoms with van der Waals surface area (Å²) in [7, 11) is 0. The minimum absolute atomic E-state index is 0.0933. The number of amides is 4. The third-order valence-electron chi connectivity index (χ3n) is 11.8. The van der Waals surface area contributed by atoms with Crippen LogP contribution in [0, 0.1) is 16.8 Å². The largest absolute Gasteiger partial charge is 0.618 e. The second-order valence-corrected chi connectivity index (χ2v) is 19.5. The van der Waals surface area contributed by atoms with Gasteiger partial charge < -0.3 is 45.0 Å². The van der Waals surface area contributed by atoms with Crippen LogP contribution in [0.2, 0.25) is 0 Å². The summed E-state index contributed by atoms with van der Waals surface area (Å²) < 4.78 is 43.1. The zero-order chi connectivity index (χ0) is 52.5. The van der Waals surface area contributed by atoms with Gasteiger partial charge >= 0.3 is 6.09 Å². The van der Waals surface area contributed by atoms with Crippen LogP contribution in [-0.2, 0) is 20.9 Å². The Labute approximate surface area is 416 Å². The van der Waals surface area contributed by atoms with E-state index >= 15 is 0 Å². The molecule has 0 aliphatic carbocycles. The summed E-state index contributed by atoms with van der Waals surface area (Å²) in [6.45, 7) is 19.1. The summed E-state index contributed by atoms with van der Waals surface area (Å²) in [4.78, 5) is 75.6. The highest BCUT2D eigenvalue weighted by Crippen LogP contribution is 2.28. The Morgan fingerprint density at radius 3 is 1.54 bits per heavy atom. The molecule has 2 atom stereocenters. The van der Waals surface area contributed by atoms with Crippen LogP contribution in [0.5, 0.6) is 23.3 Å². The Morgan fingerprint density at radius 1 is 0.708 bits per heavy atom. The van der Waals surface area contributed by atoms with Gasteiger partial charge in [0, 0.05) is 51.4 Å². The fourth-order valence-corrected chi connectivity index (χ4v) is 7.92. The molecule has 7 rings (SSSR count).